The Labute approximate surface area is 136 Å². The van der Waals surface area contributed by atoms with Gasteiger partial charge in [0.25, 0.3) is 5.91 Å². The molecule has 1 aliphatic heterocycles. The number of aryl methyl sites for hydroxylation is 2. The van der Waals surface area contributed by atoms with Gasteiger partial charge < -0.3 is 5.32 Å². The minimum Gasteiger partial charge on any atom is -0.373 e. The first-order chi connectivity index (χ1) is 11.1. The molecule has 1 saturated heterocycles. The van der Waals surface area contributed by atoms with E-state index >= 15 is 0 Å². The van der Waals surface area contributed by atoms with Crippen molar-refractivity contribution in [3.05, 3.63) is 59.7 Å². The molecule has 3 rings (SSSR count). The van der Waals surface area contributed by atoms with Gasteiger partial charge in [-0.3, -0.25) is 9.59 Å². The van der Waals surface area contributed by atoms with Gasteiger partial charge in [0.1, 0.15) is 6.04 Å². The molecule has 118 valence electrons. The number of anilines is 2. The van der Waals surface area contributed by atoms with Crippen LogP contribution in [0.4, 0.5) is 11.4 Å². The Morgan fingerprint density at radius 3 is 2.48 bits per heavy atom. The van der Waals surface area contributed by atoms with Crippen molar-refractivity contribution in [3.8, 4) is 0 Å². The van der Waals surface area contributed by atoms with E-state index in [0.717, 1.165) is 23.2 Å². The summed E-state index contributed by atoms with van der Waals surface area (Å²) in [6.45, 7) is 4.05. The van der Waals surface area contributed by atoms with E-state index in [2.05, 4.69) is 12.2 Å². The third-order valence-electron chi connectivity index (χ3n) is 4.17. The molecule has 1 atom stereocenters. The van der Waals surface area contributed by atoms with Crippen LogP contribution in [0.3, 0.4) is 0 Å². The molecule has 0 radical (unpaired) electrons. The lowest BCUT2D eigenvalue weighted by Gasteiger charge is -2.17. The third kappa shape index (κ3) is 2.97. The number of para-hydroxylation sites is 1. The molecule has 1 heterocycles. The molecule has 4 nitrogen and oxygen atoms in total. The smallest absolute Gasteiger partial charge is 0.256 e. The molecule has 1 N–H and O–H groups in total. The summed E-state index contributed by atoms with van der Waals surface area (Å²) in [7, 11) is 0. The van der Waals surface area contributed by atoms with Gasteiger partial charge >= 0.3 is 0 Å². The van der Waals surface area contributed by atoms with Crippen molar-refractivity contribution in [2.75, 3.05) is 10.2 Å². The first-order valence-corrected chi connectivity index (χ1v) is 7.88. The van der Waals surface area contributed by atoms with E-state index in [9.17, 15) is 9.59 Å². The number of carbonyl (C=O) groups excluding carboxylic acids is 2. The molecule has 0 saturated carbocycles. The normalized spacial score (nSPS) is 17.7. The van der Waals surface area contributed by atoms with Crippen LogP contribution in [0.15, 0.2) is 48.5 Å². The highest BCUT2D eigenvalue weighted by Crippen LogP contribution is 2.26. The highest BCUT2D eigenvalue weighted by Gasteiger charge is 2.39. The van der Waals surface area contributed by atoms with E-state index in [1.54, 1.807) is 0 Å². The number of nitrogens with one attached hydrogen (secondary N) is 1. The van der Waals surface area contributed by atoms with Gasteiger partial charge in [-0.05, 0) is 37.1 Å². The largest absolute Gasteiger partial charge is 0.373 e. The molecule has 1 aliphatic rings. The van der Waals surface area contributed by atoms with Crippen LogP contribution in [0.25, 0.3) is 0 Å². The SMILES string of the molecule is CCc1ccccc1NC1CC(=O)N(c2ccc(C)cc2)C1=O. The number of imide groups is 1. The molecule has 0 spiro atoms. The summed E-state index contributed by atoms with van der Waals surface area (Å²) in [5.41, 5.74) is 3.80. The zero-order valence-electron chi connectivity index (χ0n) is 13.4. The molecular formula is C19H20N2O2. The number of rotatable bonds is 4. The Balaban J connectivity index is 1.82. The molecule has 1 fully saturated rings. The van der Waals surface area contributed by atoms with Gasteiger partial charge in [0.05, 0.1) is 12.1 Å². The maximum Gasteiger partial charge on any atom is 0.256 e. The first-order valence-electron chi connectivity index (χ1n) is 7.88. The molecule has 1 unspecified atom stereocenters. The van der Waals surface area contributed by atoms with Gasteiger partial charge in [-0.25, -0.2) is 4.90 Å². The number of hydrogen-bond acceptors (Lipinski definition) is 3. The summed E-state index contributed by atoms with van der Waals surface area (Å²) in [5.74, 6) is -0.352. The predicted octanol–water partition coefficient (Wildman–Crippen LogP) is 3.30. The van der Waals surface area contributed by atoms with E-state index in [1.807, 2.05) is 55.5 Å². The second-order valence-electron chi connectivity index (χ2n) is 5.81. The molecule has 2 aromatic rings. The van der Waals surface area contributed by atoms with E-state index < -0.39 is 6.04 Å². The molecule has 4 heteroatoms. The maximum atomic E-state index is 12.6. The lowest BCUT2D eigenvalue weighted by atomic mass is 10.1. The van der Waals surface area contributed by atoms with Gasteiger partial charge in [0.2, 0.25) is 5.91 Å². The van der Waals surface area contributed by atoms with Crippen LogP contribution in [-0.4, -0.2) is 17.9 Å². The van der Waals surface area contributed by atoms with Crippen molar-refractivity contribution in [1.82, 2.24) is 0 Å². The second-order valence-corrected chi connectivity index (χ2v) is 5.81. The predicted molar refractivity (Wildman–Crippen MR) is 91.5 cm³/mol. The fourth-order valence-electron chi connectivity index (χ4n) is 2.87. The summed E-state index contributed by atoms with van der Waals surface area (Å²) in [6.07, 6.45) is 1.06. The highest BCUT2D eigenvalue weighted by molar-refractivity contribution is 6.23. The maximum absolute atomic E-state index is 12.6. The zero-order valence-corrected chi connectivity index (χ0v) is 13.4. The Kier molecular flexibility index (Phi) is 4.15. The molecule has 2 amide bonds. The third-order valence-corrected chi connectivity index (χ3v) is 4.17. The highest BCUT2D eigenvalue weighted by atomic mass is 16.2. The van der Waals surface area contributed by atoms with Crippen molar-refractivity contribution in [2.24, 2.45) is 0 Å². The average Bonchev–Trinajstić information content (AvgIpc) is 2.83. The Hall–Kier alpha value is -2.62. The van der Waals surface area contributed by atoms with E-state index in [-0.39, 0.29) is 18.2 Å². The van der Waals surface area contributed by atoms with Crippen LogP contribution in [0.2, 0.25) is 0 Å². The van der Waals surface area contributed by atoms with Gasteiger partial charge in [-0.2, -0.15) is 0 Å². The van der Waals surface area contributed by atoms with Crippen LogP contribution in [0, 0.1) is 6.92 Å². The van der Waals surface area contributed by atoms with Crippen LogP contribution >= 0.6 is 0 Å². The first kappa shape index (κ1) is 15.3. The van der Waals surface area contributed by atoms with Crippen molar-refractivity contribution >= 4 is 23.2 Å². The quantitative estimate of drug-likeness (QED) is 0.882. The summed E-state index contributed by atoms with van der Waals surface area (Å²) < 4.78 is 0. The standard InChI is InChI=1S/C19H20N2O2/c1-3-14-6-4-5-7-16(14)20-17-12-18(22)21(19(17)23)15-10-8-13(2)9-11-15/h4-11,17,20H,3,12H2,1-2H3. The minimum atomic E-state index is -0.503. The molecule has 0 aromatic heterocycles. The number of benzene rings is 2. The Bertz CT molecular complexity index is 737. The average molecular weight is 308 g/mol. The van der Waals surface area contributed by atoms with E-state index in [1.165, 1.54) is 4.90 Å². The summed E-state index contributed by atoms with van der Waals surface area (Å²) in [6, 6.07) is 14.8. The van der Waals surface area contributed by atoms with Gasteiger partial charge in [0.15, 0.2) is 0 Å². The van der Waals surface area contributed by atoms with Crippen molar-refractivity contribution in [1.29, 1.82) is 0 Å². The summed E-state index contributed by atoms with van der Waals surface area (Å²) in [5, 5.41) is 3.24. The van der Waals surface area contributed by atoms with Gasteiger partial charge in [0, 0.05) is 5.69 Å². The van der Waals surface area contributed by atoms with Crippen LogP contribution in [-0.2, 0) is 16.0 Å². The fraction of sp³-hybridized carbons (Fsp3) is 0.263. The van der Waals surface area contributed by atoms with Gasteiger partial charge in [-0.15, -0.1) is 0 Å². The number of nitrogens with zero attached hydrogens (tertiary/aromatic N) is 1. The lowest BCUT2D eigenvalue weighted by Crippen LogP contribution is -2.34. The van der Waals surface area contributed by atoms with Gasteiger partial charge in [-0.1, -0.05) is 42.8 Å². The number of carbonyl (C=O) groups is 2. The molecule has 23 heavy (non-hydrogen) atoms. The van der Waals surface area contributed by atoms with Crippen LogP contribution in [0.1, 0.15) is 24.5 Å². The fourth-order valence-corrected chi connectivity index (χ4v) is 2.87. The Morgan fingerprint density at radius 1 is 1.09 bits per heavy atom. The minimum absolute atomic E-state index is 0.162. The number of hydrogen-bond donors (Lipinski definition) is 1. The molecular weight excluding hydrogens is 288 g/mol. The second kappa shape index (κ2) is 6.24. The van der Waals surface area contributed by atoms with Crippen LogP contribution < -0.4 is 10.2 Å². The van der Waals surface area contributed by atoms with E-state index in [4.69, 9.17) is 0 Å². The molecule has 0 aliphatic carbocycles. The molecule has 2 aromatic carbocycles. The van der Waals surface area contributed by atoms with E-state index in [0.29, 0.717) is 5.69 Å². The Morgan fingerprint density at radius 2 is 1.78 bits per heavy atom. The van der Waals surface area contributed by atoms with Crippen molar-refractivity contribution in [2.45, 2.75) is 32.7 Å². The number of amides is 2. The van der Waals surface area contributed by atoms with Crippen molar-refractivity contribution in [3.63, 3.8) is 0 Å². The zero-order chi connectivity index (χ0) is 16.4. The van der Waals surface area contributed by atoms with Crippen molar-refractivity contribution < 1.29 is 9.59 Å². The lowest BCUT2D eigenvalue weighted by molar-refractivity contribution is -0.121. The summed E-state index contributed by atoms with van der Waals surface area (Å²) >= 11 is 0. The monoisotopic (exact) mass is 308 g/mol. The van der Waals surface area contributed by atoms with Crippen LogP contribution in [0.5, 0.6) is 0 Å². The summed E-state index contributed by atoms with van der Waals surface area (Å²) in [4.78, 5) is 26.2. The topological polar surface area (TPSA) is 49.4 Å². The molecule has 0 bridgehead atoms.